The van der Waals surface area contributed by atoms with Gasteiger partial charge in [0.15, 0.2) is 0 Å². The van der Waals surface area contributed by atoms with Crippen LogP contribution in [0.15, 0.2) is 18.5 Å². The van der Waals surface area contributed by atoms with E-state index >= 15 is 0 Å². The number of aryl methyl sites for hydroxylation is 2. The fraction of sp³-hybridized carbons (Fsp3) is 0.429. The average molecular weight is 262 g/mol. The molecule has 19 heavy (non-hydrogen) atoms. The van der Waals surface area contributed by atoms with Gasteiger partial charge in [-0.05, 0) is 38.3 Å². The summed E-state index contributed by atoms with van der Waals surface area (Å²) >= 11 is 0. The van der Waals surface area contributed by atoms with Gasteiger partial charge in [-0.2, -0.15) is 5.10 Å². The third kappa shape index (κ3) is 2.81. The van der Waals surface area contributed by atoms with Crippen LogP contribution >= 0.6 is 0 Å². The molecule has 2 rings (SSSR count). The first-order valence-electron chi connectivity index (χ1n) is 6.34. The van der Waals surface area contributed by atoms with E-state index in [0.29, 0.717) is 12.0 Å². The maximum Gasteiger partial charge on any atom is 0.146 e. The monoisotopic (exact) mass is 262 g/mol. The lowest BCUT2D eigenvalue weighted by Crippen LogP contribution is -2.13. The minimum Gasteiger partial charge on any atom is -0.324 e. The Morgan fingerprint density at radius 3 is 2.74 bits per heavy atom. The molecule has 2 heterocycles. The van der Waals surface area contributed by atoms with Gasteiger partial charge >= 0.3 is 0 Å². The fourth-order valence-corrected chi connectivity index (χ4v) is 2.32. The van der Waals surface area contributed by atoms with Gasteiger partial charge in [-0.25, -0.2) is 4.39 Å². The van der Waals surface area contributed by atoms with Gasteiger partial charge < -0.3 is 5.73 Å². The van der Waals surface area contributed by atoms with Gasteiger partial charge in [0, 0.05) is 30.5 Å². The van der Waals surface area contributed by atoms with Gasteiger partial charge in [-0.15, -0.1) is 0 Å². The van der Waals surface area contributed by atoms with Crippen molar-refractivity contribution in [1.82, 2.24) is 14.8 Å². The summed E-state index contributed by atoms with van der Waals surface area (Å²) in [6, 6.07) is 1.32. The highest BCUT2D eigenvalue weighted by atomic mass is 19.1. The van der Waals surface area contributed by atoms with Gasteiger partial charge in [-0.1, -0.05) is 0 Å². The zero-order valence-electron chi connectivity index (χ0n) is 11.5. The Morgan fingerprint density at radius 1 is 1.42 bits per heavy atom. The second-order valence-electron chi connectivity index (χ2n) is 4.82. The highest BCUT2D eigenvalue weighted by molar-refractivity contribution is 5.25. The van der Waals surface area contributed by atoms with Gasteiger partial charge in [-0.3, -0.25) is 9.67 Å². The smallest absolute Gasteiger partial charge is 0.146 e. The predicted molar refractivity (Wildman–Crippen MR) is 72.1 cm³/mol. The molecule has 4 nitrogen and oxygen atoms in total. The Labute approximate surface area is 112 Å². The lowest BCUT2D eigenvalue weighted by atomic mass is 9.99. The van der Waals surface area contributed by atoms with Gasteiger partial charge in [0.25, 0.3) is 0 Å². The fourth-order valence-electron chi connectivity index (χ4n) is 2.32. The zero-order chi connectivity index (χ0) is 14.0. The second kappa shape index (κ2) is 5.48. The highest BCUT2D eigenvalue weighted by Crippen LogP contribution is 2.21. The number of halogens is 1. The molecule has 0 amide bonds. The van der Waals surface area contributed by atoms with E-state index in [1.165, 1.54) is 11.8 Å². The maximum absolute atomic E-state index is 13.6. The molecule has 2 aromatic rings. The summed E-state index contributed by atoms with van der Waals surface area (Å²) in [5.74, 6) is -0.338. The van der Waals surface area contributed by atoms with Crippen molar-refractivity contribution in [3.8, 4) is 0 Å². The van der Waals surface area contributed by atoms with Crippen LogP contribution in [0.25, 0.3) is 0 Å². The Balaban J connectivity index is 2.09. The van der Waals surface area contributed by atoms with Crippen LogP contribution in [-0.4, -0.2) is 14.8 Å². The summed E-state index contributed by atoms with van der Waals surface area (Å²) in [4.78, 5) is 3.73. The summed E-state index contributed by atoms with van der Waals surface area (Å²) in [6.45, 7) is 4.02. The van der Waals surface area contributed by atoms with E-state index < -0.39 is 0 Å². The Bertz CT molecular complexity index is 577. The first kappa shape index (κ1) is 13.7. The summed E-state index contributed by atoms with van der Waals surface area (Å²) in [5, 5.41) is 4.37. The number of rotatable bonds is 4. The average Bonchev–Trinajstić information content (AvgIpc) is 2.61. The molecule has 102 valence electrons. The standard InChI is InChI=1S/C14H19FN4/c1-9-11(10(2)19(3)18-9)4-5-14(16)12-6-7-17-8-13(12)15/h6-8,14H,4-5,16H2,1-3H3. The summed E-state index contributed by atoms with van der Waals surface area (Å²) in [6.07, 6.45) is 4.26. The van der Waals surface area contributed by atoms with E-state index in [0.717, 1.165) is 17.8 Å². The molecular weight excluding hydrogens is 243 g/mol. The van der Waals surface area contributed by atoms with Crippen LogP contribution in [0.5, 0.6) is 0 Å². The van der Waals surface area contributed by atoms with Gasteiger partial charge in [0.05, 0.1) is 11.9 Å². The van der Waals surface area contributed by atoms with Crippen LogP contribution in [0.3, 0.4) is 0 Å². The molecule has 5 heteroatoms. The largest absolute Gasteiger partial charge is 0.324 e. The topological polar surface area (TPSA) is 56.7 Å². The van der Waals surface area contributed by atoms with Crippen molar-refractivity contribution in [3.63, 3.8) is 0 Å². The van der Waals surface area contributed by atoms with E-state index in [1.807, 2.05) is 25.6 Å². The number of nitrogens with zero attached hydrogens (tertiary/aromatic N) is 3. The third-order valence-corrected chi connectivity index (χ3v) is 3.57. The minimum atomic E-state index is -0.338. The van der Waals surface area contributed by atoms with E-state index in [4.69, 9.17) is 5.73 Å². The van der Waals surface area contributed by atoms with Gasteiger partial charge in [0.1, 0.15) is 5.82 Å². The molecule has 0 radical (unpaired) electrons. The van der Waals surface area contributed by atoms with Crippen LogP contribution in [-0.2, 0) is 13.5 Å². The third-order valence-electron chi connectivity index (χ3n) is 3.57. The molecule has 1 unspecified atom stereocenters. The van der Waals surface area contributed by atoms with Crippen molar-refractivity contribution in [2.45, 2.75) is 32.7 Å². The van der Waals surface area contributed by atoms with Crippen LogP contribution < -0.4 is 5.73 Å². The zero-order valence-corrected chi connectivity index (χ0v) is 11.5. The van der Waals surface area contributed by atoms with E-state index in [-0.39, 0.29) is 11.9 Å². The molecule has 0 spiro atoms. The first-order chi connectivity index (χ1) is 9.00. The molecular formula is C14H19FN4. The predicted octanol–water partition coefficient (Wildman–Crippen LogP) is 2.20. The molecule has 0 aromatic carbocycles. The quantitative estimate of drug-likeness (QED) is 0.919. The van der Waals surface area contributed by atoms with Crippen LogP contribution in [0, 0.1) is 19.7 Å². The van der Waals surface area contributed by atoms with Crippen LogP contribution in [0.4, 0.5) is 4.39 Å². The van der Waals surface area contributed by atoms with E-state index in [1.54, 1.807) is 12.3 Å². The molecule has 0 aliphatic carbocycles. The lowest BCUT2D eigenvalue weighted by Gasteiger charge is -2.12. The second-order valence-corrected chi connectivity index (χ2v) is 4.82. The molecule has 0 aliphatic rings. The number of hydrogen-bond donors (Lipinski definition) is 1. The number of aromatic nitrogens is 3. The van der Waals surface area contributed by atoms with E-state index in [9.17, 15) is 4.39 Å². The van der Waals surface area contributed by atoms with Crippen LogP contribution in [0.2, 0.25) is 0 Å². The molecule has 2 N–H and O–H groups in total. The molecule has 0 aliphatic heterocycles. The van der Waals surface area contributed by atoms with Crippen molar-refractivity contribution < 1.29 is 4.39 Å². The van der Waals surface area contributed by atoms with E-state index in [2.05, 4.69) is 10.1 Å². The Kier molecular flexibility index (Phi) is 3.95. The van der Waals surface area contributed by atoms with Crippen molar-refractivity contribution in [2.24, 2.45) is 12.8 Å². The van der Waals surface area contributed by atoms with Crippen molar-refractivity contribution in [3.05, 3.63) is 46.8 Å². The maximum atomic E-state index is 13.6. The first-order valence-corrected chi connectivity index (χ1v) is 6.34. The van der Waals surface area contributed by atoms with Crippen molar-refractivity contribution in [2.75, 3.05) is 0 Å². The van der Waals surface area contributed by atoms with Crippen molar-refractivity contribution >= 4 is 0 Å². The number of nitrogens with two attached hydrogens (primary N) is 1. The minimum absolute atomic E-state index is 0.318. The lowest BCUT2D eigenvalue weighted by molar-refractivity contribution is 0.558. The molecule has 1 atom stereocenters. The highest BCUT2D eigenvalue weighted by Gasteiger charge is 2.14. The molecule has 0 saturated carbocycles. The van der Waals surface area contributed by atoms with Crippen LogP contribution in [0.1, 0.15) is 35.0 Å². The Hall–Kier alpha value is -1.75. The molecule has 0 fully saturated rings. The molecule has 0 saturated heterocycles. The summed E-state index contributed by atoms with van der Waals surface area (Å²) in [7, 11) is 1.92. The molecule has 2 aromatic heterocycles. The normalized spacial score (nSPS) is 12.7. The molecule has 0 bridgehead atoms. The number of hydrogen-bond acceptors (Lipinski definition) is 3. The SMILES string of the molecule is Cc1nn(C)c(C)c1CCC(N)c1ccncc1F. The summed E-state index contributed by atoms with van der Waals surface area (Å²) in [5.41, 5.74) is 9.93. The summed E-state index contributed by atoms with van der Waals surface area (Å²) < 4.78 is 15.4. The van der Waals surface area contributed by atoms with Crippen molar-refractivity contribution in [1.29, 1.82) is 0 Å². The number of pyridine rings is 1. The Morgan fingerprint density at radius 2 is 2.16 bits per heavy atom. The van der Waals surface area contributed by atoms with Gasteiger partial charge in [0.2, 0.25) is 0 Å².